The topological polar surface area (TPSA) is 114 Å². The molecule has 2 amide bonds. The summed E-state index contributed by atoms with van der Waals surface area (Å²) in [4.78, 5) is 40.1. The Hall–Kier alpha value is -3.31. The molecular formula is C25H30N4O6S. The minimum atomic E-state index is -0.569. The number of rotatable bonds is 8. The second kappa shape index (κ2) is 12.1. The van der Waals surface area contributed by atoms with Crippen LogP contribution in [0.3, 0.4) is 0 Å². The van der Waals surface area contributed by atoms with Crippen LogP contribution in [-0.2, 0) is 21.9 Å². The van der Waals surface area contributed by atoms with Crippen molar-refractivity contribution in [1.82, 2.24) is 15.1 Å². The molecule has 192 valence electrons. The molecule has 0 unspecified atom stereocenters. The van der Waals surface area contributed by atoms with Crippen molar-refractivity contribution in [3.8, 4) is 5.75 Å². The van der Waals surface area contributed by atoms with Crippen LogP contribution in [-0.4, -0.2) is 77.8 Å². The predicted octanol–water partition coefficient (Wildman–Crippen LogP) is 3.05. The van der Waals surface area contributed by atoms with Crippen molar-refractivity contribution < 1.29 is 24.0 Å². The molecule has 2 aliphatic heterocycles. The van der Waals surface area contributed by atoms with Crippen LogP contribution in [0.1, 0.15) is 17.5 Å². The molecule has 2 aromatic rings. The maximum absolute atomic E-state index is 13.3. The second-order valence-electron chi connectivity index (χ2n) is 8.74. The molecule has 2 fully saturated rings. The first-order chi connectivity index (χ1) is 17.4. The molecule has 1 N–H and O–H groups in total. The first kappa shape index (κ1) is 25.8. The maximum atomic E-state index is 13.3. The molecule has 11 heteroatoms. The van der Waals surface area contributed by atoms with Crippen molar-refractivity contribution in [2.75, 3.05) is 39.8 Å². The molecule has 0 saturated carbocycles. The van der Waals surface area contributed by atoms with E-state index in [1.54, 1.807) is 35.9 Å². The van der Waals surface area contributed by atoms with Crippen LogP contribution in [0.2, 0.25) is 0 Å². The van der Waals surface area contributed by atoms with E-state index >= 15 is 0 Å². The fourth-order valence-corrected chi connectivity index (χ4v) is 5.53. The number of non-ortho nitro benzene ring substituents is 1. The number of nitro groups is 1. The van der Waals surface area contributed by atoms with Gasteiger partial charge in [0.1, 0.15) is 18.4 Å². The fraction of sp³-hybridized carbons (Fsp3) is 0.440. The van der Waals surface area contributed by atoms with Gasteiger partial charge in [-0.2, -0.15) is 11.8 Å². The summed E-state index contributed by atoms with van der Waals surface area (Å²) in [5.41, 5.74) is 1.76. The zero-order chi connectivity index (χ0) is 25.5. The van der Waals surface area contributed by atoms with E-state index in [-0.39, 0.29) is 23.5 Å². The molecule has 2 aromatic carbocycles. The molecule has 36 heavy (non-hydrogen) atoms. The van der Waals surface area contributed by atoms with Crippen molar-refractivity contribution >= 4 is 29.4 Å². The van der Waals surface area contributed by atoms with Gasteiger partial charge in [-0.15, -0.1) is 0 Å². The summed E-state index contributed by atoms with van der Waals surface area (Å²) in [5, 5.41) is 14.2. The number of nitrogens with zero attached hydrogens (tertiary/aromatic N) is 3. The van der Waals surface area contributed by atoms with Crippen LogP contribution in [0.25, 0.3) is 0 Å². The number of amides is 2. The Morgan fingerprint density at radius 3 is 2.39 bits per heavy atom. The molecule has 10 nitrogen and oxygen atoms in total. The average Bonchev–Trinajstić information content (AvgIpc) is 3.35. The highest BCUT2D eigenvalue weighted by Gasteiger charge is 2.42. The third-order valence-corrected chi connectivity index (χ3v) is 7.68. The molecular weight excluding hydrogens is 484 g/mol. The highest BCUT2D eigenvalue weighted by Crippen LogP contribution is 2.32. The standard InChI is InChI=1S/C25H30N4O6S/c1-34-21-8-4-19(5-9-21)17-36-22-14-23(24(30)27-12-10-26-11-13-27)28(15-22)25(31)35-16-18-2-6-20(7-3-18)29(32)33/h2-9,22-23,26H,10-17H2,1H3/t22-,23-/m0/s1. The Labute approximate surface area is 214 Å². The highest BCUT2D eigenvalue weighted by atomic mass is 32.2. The first-order valence-electron chi connectivity index (χ1n) is 11.9. The third-order valence-electron chi connectivity index (χ3n) is 6.37. The van der Waals surface area contributed by atoms with E-state index in [9.17, 15) is 19.7 Å². The van der Waals surface area contributed by atoms with Gasteiger partial charge in [-0.25, -0.2) is 4.79 Å². The third kappa shape index (κ3) is 6.46. The number of carbonyl (C=O) groups excluding carboxylic acids is 2. The van der Waals surface area contributed by atoms with E-state index < -0.39 is 17.1 Å². The SMILES string of the molecule is COc1ccc(CS[C@H]2C[C@@H](C(=O)N3CCNCC3)N(C(=O)OCc3ccc([N+](=O)[O-])cc3)C2)cc1. The van der Waals surface area contributed by atoms with Crippen LogP contribution in [0, 0.1) is 10.1 Å². The molecule has 0 radical (unpaired) electrons. The van der Waals surface area contributed by atoms with Crippen molar-refractivity contribution in [1.29, 1.82) is 0 Å². The van der Waals surface area contributed by atoms with Gasteiger partial charge in [0.15, 0.2) is 0 Å². The van der Waals surface area contributed by atoms with Gasteiger partial charge in [0.05, 0.1) is 12.0 Å². The Balaban J connectivity index is 1.40. The number of likely N-dealkylation sites (tertiary alicyclic amines) is 1. The Morgan fingerprint density at radius 1 is 1.08 bits per heavy atom. The molecule has 0 bridgehead atoms. The van der Waals surface area contributed by atoms with Crippen molar-refractivity contribution in [2.24, 2.45) is 0 Å². The number of hydrogen-bond donors (Lipinski definition) is 1. The summed E-state index contributed by atoms with van der Waals surface area (Å²) in [6.07, 6.45) is 0.0188. The van der Waals surface area contributed by atoms with Crippen LogP contribution in [0.5, 0.6) is 5.75 Å². The van der Waals surface area contributed by atoms with Gasteiger partial charge in [0, 0.05) is 55.9 Å². The van der Waals surface area contributed by atoms with Gasteiger partial charge in [0.25, 0.3) is 5.69 Å². The van der Waals surface area contributed by atoms with Gasteiger partial charge in [0.2, 0.25) is 5.91 Å². The Kier molecular flexibility index (Phi) is 8.65. The first-order valence-corrected chi connectivity index (χ1v) is 12.9. The van der Waals surface area contributed by atoms with Gasteiger partial charge >= 0.3 is 6.09 Å². The van der Waals surface area contributed by atoms with Crippen molar-refractivity contribution in [3.05, 3.63) is 69.8 Å². The van der Waals surface area contributed by atoms with E-state index in [0.29, 0.717) is 31.6 Å². The number of carbonyl (C=O) groups is 2. The van der Waals surface area contributed by atoms with Crippen molar-refractivity contribution in [3.63, 3.8) is 0 Å². The molecule has 0 aliphatic carbocycles. The maximum Gasteiger partial charge on any atom is 0.410 e. The lowest BCUT2D eigenvalue weighted by molar-refractivity contribution is -0.384. The number of piperazine rings is 1. The zero-order valence-electron chi connectivity index (χ0n) is 20.1. The van der Waals surface area contributed by atoms with Crippen LogP contribution < -0.4 is 10.1 Å². The Bertz CT molecular complexity index is 1060. The molecule has 0 aromatic heterocycles. The average molecular weight is 515 g/mol. The molecule has 2 aliphatic rings. The minimum Gasteiger partial charge on any atom is -0.497 e. The van der Waals surface area contributed by atoms with Gasteiger partial charge in [-0.05, 0) is 41.8 Å². The van der Waals surface area contributed by atoms with Gasteiger partial charge in [-0.1, -0.05) is 12.1 Å². The lowest BCUT2D eigenvalue weighted by atomic mass is 10.1. The van der Waals surface area contributed by atoms with E-state index in [0.717, 1.165) is 30.2 Å². The van der Waals surface area contributed by atoms with E-state index in [4.69, 9.17) is 9.47 Å². The zero-order valence-corrected chi connectivity index (χ0v) is 20.9. The highest BCUT2D eigenvalue weighted by molar-refractivity contribution is 7.99. The van der Waals surface area contributed by atoms with E-state index in [1.165, 1.54) is 12.1 Å². The van der Waals surface area contributed by atoms with E-state index in [2.05, 4.69) is 5.32 Å². The summed E-state index contributed by atoms with van der Waals surface area (Å²) in [7, 11) is 1.63. The summed E-state index contributed by atoms with van der Waals surface area (Å²) >= 11 is 1.72. The van der Waals surface area contributed by atoms with E-state index in [1.807, 2.05) is 29.2 Å². The number of hydrogen-bond acceptors (Lipinski definition) is 8. The largest absolute Gasteiger partial charge is 0.497 e. The number of thioether (sulfide) groups is 1. The van der Waals surface area contributed by atoms with Gasteiger partial charge in [-0.3, -0.25) is 19.8 Å². The van der Waals surface area contributed by atoms with Crippen LogP contribution >= 0.6 is 11.8 Å². The molecule has 2 saturated heterocycles. The molecule has 0 spiro atoms. The number of methoxy groups -OCH3 is 1. The quantitative estimate of drug-likeness (QED) is 0.422. The van der Waals surface area contributed by atoms with Crippen LogP contribution in [0.4, 0.5) is 10.5 Å². The predicted molar refractivity (Wildman–Crippen MR) is 136 cm³/mol. The summed E-state index contributed by atoms with van der Waals surface area (Å²) < 4.78 is 10.7. The molecule has 2 heterocycles. The number of ether oxygens (including phenoxy) is 2. The number of benzene rings is 2. The lowest BCUT2D eigenvalue weighted by Crippen LogP contribution is -2.53. The minimum absolute atomic E-state index is 0.0223. The Morgan fingerprint density at radius 2 is 1.75 bits per heavy atom. The van der Waals surface area contributed by atoms with Crippen LogP contribution in [0.15, 0.2) is 48.5 Å². The smallest absolute Gasteiger partial charge is 0.410 e. The number of nitrogens with one attached hydrogen (secondary N) is 1. The van der Waals surface area contributed by atoms with Crippen molar-refractivity contribution in [2.45, 2.75) is 30.1 Å². The lowest BCUT2D eigenvalue weighted by Gasteiger charge is -2.32. The normalized spacial score (nSPS) is 19.7. The summed E-state index contributed by atoms with van der Waals surface area (Å²) in [6.45, 7) is 3.10. The second-order valence-corrected chi connectivity index (χ2v) is 10.0. The molecule has 4 rings (SSSR count). The number of nitro benzene ring substituents is 1. The summed E-state index contributed by atoms with van der Waals surface area (Å²) in [6, 6.07) is 13.2. The summed E-state index contributed by atoms with van der Waals surface area (Å²) in [5.74, 6) is 1.51. The monoisotopic (exact) mass is 514 g/mol. The van der Waals surface area contributed by atoms with Gasteiger partial charge < -0.3 is 19.7 Å². The molecule has 2 atom stereocenters. The fourth-order valence-electron chi connectivity index (χ4n) is 4.33.